The monoisotopic (exact) mass is 431 g/mol. The molecule has 1 saturated carbocycles. The van der Waals surface area contributed by atoms with Gasteiger partial charge in [-0.1, -0.05) is 32.1 Å². The molecule has 5 nitrogen and oxygen atoms in total. The molecule has 0 bridgehead atoms. The zero-order valence-corrected chi connectivity index (χ0v) is 15.2. The van der Waals surface area contributed by atoms with Crippen molar-refractivity contribution in [2.75, 3.05) is 6.61 Å². The van der Waals surface area contributed by atoms with Crippen molar-refractivity contribution in [2.24, 2.45) is 0 Å². The zero-order valence-electron chi connectivity index (χ0n) is 13.1. The second kappa shape index (κ2) is 9.75. The Hall–Kier alpha value is -1.31. The Bertz CT molecular complexity index is 545. The topological polar surface area (TPSA) is 68.5 Å². The standard InChI is InChI=1S/C17H22INO4/c18-15-10-8-14(23-15)9-11-17(21)22-12-16(20)19-13-6-4-2-1-3-5-7-13/h8-11,13H,1-7,12H2,(H,19,20). The smallest absolute Gasteiger partial charge is 0.331 e. The Morgan fingerprint density at radius 3 is 2.57 bits per heavy atom. The van der Waals surface area contributed by atoms with Crippen molar-refractivity contribution in [3.63, 3.8) is 0 Å². The molecule has 0 aromatic carbocycles. The molecule has 1 heterocycles. The van der Waals surface area contributed by atoms with E-state index in [0.29, 0.717) is 5.76 Å². The summed E-state index contributed by atoms with van der Waals surface area (Å²) in [6.45, 7) is -0.241. The fourth-order valence-corrected chi connectivity index (χ4v) is 3.06. The van der Waals surface area contributed by atoms with E-state index in [1.807, 2.05) is 22.6 Å². The summed E-state index contributed by atoms with van der Waals surface area (Å²) in [6, 6.07) is 3.77. The fourth-order valence-electron chi connectivity index (χ4n) is 2.62. The SMILES string of the molecule is O=C(COC(=O)C=Cc1ccc(I)o1)NC1CCCCCCC1. The summed E-state index contributed by atoms with van der Waals surface area (Å²) in [5.41, 5.74) is 0. The Kier molecular flexibility index (Phi) is 7.64. The van der Waals surface area contributed by atoms with Crippen LogP contribution in [0.2, 0.25) is 0 Å². The average Bonchev–Trinajstić information content (AvgIpc) is 2.91. The Morgan fingerprint density at radius 1 is 1.22 bits per heavy atom. The minimum absolute atomic E-state index is 0.210. The summed E-state index contributed by atoms with van der Waals surface area (Å²) in [7, 11) is 0. The van der Waals surface area contributed by atoms with Gasteiger partial charge in [0.05, 0.1) is 0 Å². The first-order chi connectivity index (χ1) is 11.1. The molecule has 6 heteroatoms. The van der Waals surface area contributed by atoms with E-state index in [0.717, 1.165) is 29.5 Å². The number of furan rings is 1. The van der Waals surface area contributed by atoms with Crippen molar-refractivity contribution in [1.82, 2.24) is 5.32 Å². The maximum Gasteiger partial charge on any atom is 0.331 e. The van der Waals surface area contributed by atoms with E-state index in [4.69, 9.17) is 9.15 Å². The number of carbonyl (C=O) groups excluding carboxylic acids is 2. The van der Waals surface area contributed by atoms with Crippen molar-refractivity contribution < 1.29 is 18.7 Å². The molecule has 1 aromatic heterocycles. The molecular formula is C17H22INO4. The number of hydrogen-bond acceptors (Lipinski definition) is 4. The molecule has 1 fully saturated rings. The van der Waals surface area contributed by atoms with Crippen LogP contribution in [0.25, 0.3) is 6.08 Å². The predicted octanol–water partition coefficient (Wildman–Crippen LogP) is 3.67. The van der Waals surface area contributed by atoms with Crippen molar-refractivity contribution in [3.05, 3.63) is 27.7 Å². The number of amides is 1. The molecule has 1 aliphatic rings. The molecule has 0 aliphatic heterocycles. The van der Waals surface area contributed by atoms with Crippen molar-refractivity contribution in [1.29, 1.82) is 0 Å². The number of carbonyl (C=O) groups is 2. The average molecular weight is 431 g/mol. The number of nitrogens with one attached hydrogen (secondary N) is 1. The lowest BCUT2D eigenvalue weighted by atomic mass is 9.97. The van der Waals surface area contributed by atoms with Crippen LogP contribution in [0.1, 0.15) is 50.7 Å². The quantitative estimate of drug-likeness (QED) is 0.439. The number of halogens is 1. The highest BCUT2D eigenvalue weighted by atomic mass is 127. The van der Waals surface area contributed by atoms with Crippen LogP contribution in [0.4, 0.5) is 0 Å². The van der Waals surface area contributed by atoms with Gasteiger partial charge >= 0.3 is 5.97 Å². The van der Waals surface area contributed by atoms with Gasteiger partial charge in [0.2, 0.25) is 0 Å². The third-order valence-electron chi connectivity index (χ3n) is 3.79. The molecule has 0 spiro atoms. The lowest BCUT2D eigenvalue weighted by molar-refractivity contribution is -0.144. The molecule has 1 aliphatic carbocycles. The van der Waals surface area contributed by atoms with Gasteiger partial charge in [-0.3, -0.25) is 4.79 Å². The maximum atomic E-state index is 11.9. The molecule has 0 radical (unpaired) electrons. The van der Waals surface area contributed by atoms with Gasteiger partial charge in [0.15, 0.2) is 10.4 Å². The first-order valence-corrected chi connectivity index (χ1v) is 9.11. The molecule has 0 unspecified atom stereocenters. The van der Waals surface area contributed by atoms with E-state index in [1.165, 1.54) is 31.4 Å². The van der Waals surface area contributed by atoms with Crippen molar-refractivity contribution in [2.45, 2.75) is 51.0 Å². The molecule has 1 amide bonds. The van der Waals surface area contributed by atoms with E-state index >= 15 is 0 Å². The van der Waals surface area contributed by atoms with Crippen LogP contribution in [0.5, 0.6) is 0 Å². The predicted molar refractivity (Wildman–Crippen MR) is 95.7 cm³/mol. The Morgan fingerprint density at radius 2 is 1.91 bits per heavy atom. The number of ether oxygens (including phenoxy) is 1. The van der Waals surface area contributed by atoms with Crippen LogP contribution in [-0.4, -0.2) is 24.5 Å². The minimum Gasteiger partial charge on any atom is -0.452 e. The van der Waals surface area contributed by atoms with Crippen molar-refractivity contribution >= 4 is 40.5 Å². The van der Waals surface area contributed by atoms with E-state index in [9.17, 15) is 9.59 Å². The van der Waals surface area contributed by atoms with Crippen LogP contribution in [0.3, 0.4) is 0 Å². The van der Waals surface area contributed by atoms with Gasteiger partial charge in [-0.15, -0.1) is 0 Å². The number of esters is 1. The lowest BCUT2D eigenvalue weighted by Gasteiger charge is -2.20. The number of rotatable bonds is 5. The fraction of sp³-hybridized carbons (Fsp3) is 0.529. The normalized spacial score (nSPS) is 16.7. The van der Waals surface area contributed by atoms with Gasteiger partial charge in [0, 0.05) is 12.1 Å². The molecule has 0 atom stereocenters. The summed E-state index contributed by atoms with van der Waals surface area (Å²) in [4.78, 5) is 23.4. The highest BCUT2D eigenvalue weighted by Crippen LogP contribution is 2.17. The first kappa shape index (κ1) is 18.0. The third kappa shape index (κ3) is 7.20. The van der Waals surface area contributed by atoms with Gasteiger partial charge in [-0.2, -0.15) is 0 Å². The van der Waals surface area contributed by atoms with E-state index < -0.39 is 5.97 Å². The van der Waals surface area contributed by atoms with Crippen LogP contribution in [-0.2, 0) is 14.3 Å². The van der Waals surface area contributed by atoms with Gasteiger partial charge in [-0.25, -0.2) is 4.79 Å². The first-order valence-electron chi connectivity index (χ1n) is 8.03. The minimum atomic E-state index is -0.552. The van der Waals surface area contributed by atoms with Gasteiger partial charge < -0.3 is 14.5 Å². The van der Waals surface area contributed by atoms with E-state index in [2.05, 4.69) is 5.32 Å². The van der Waals surface area contributed by atoms with E-state index in [-0.39, 0.29) is 18.6 Å². The lowest BCUT2D eigenvalue weighted by Crippen LogP contribution is -2.37. The van der Waals surface area contributed by atoms with Crippen molar-refractivity contribution in [3.8, 4) is 0 Å². The second-order valence-electron chi connectivity index (χ2n) is 5.69. The molecule has 126 valence electrons. The van der Waals surface area contributed by atoms with Crippen LogP contribution >= 0.6 is 22.6 Å². The maximum absolute atomic E-state index is 11.9. The zero-order chi connectivity index (χ0) is 16.5. The molecule has 0 saturated heterocycles. The van der Waals surface area contributed by atoms with Gasteiger partial charge in [-0.05, 0) is 53.6 Å². The number of hydrogen-bond donors (Lipinski definition) is 1. The second-order valence-corrected chi connectivity index (χ2v) is 6.76. The van der Waals surface area contributed by atoms with Gasteiger partial charge in [0.25, 0.3) is 5.91 Å². The highest BCUT2D eigenvalue weighted by Gasteiger charge is 2.14. The van der Waals surface area contributed by atoms with Gasteiger partial charge in [0.1, 0.15) is 5.76 Å². The highest BCUT2D eigenvalue weighted by molar-refractivity contribution is 14.1. The van der Waals surface area contributed by atoms with Crippen LogP contribution in [0, 0.1) is 3.77 Å². The molecule has 2 rings (SSSR count). The van der Waals surface area contributed by atoms with Crippen LogP contribution in [0.15, 0.2) is 22.6 Å². The molecule has 23 heavy (non-hydrogen) atoms. The molecule has 1 aromatic rings. The third-order valence-corrected chi connectivity index (χ3v) is 4.37. The van der Waals surface area contributed by atoms with Crippen LogP contribution < -0.4 is 5.32 Å². The molecular weight excluding hydrogens is 409 g/mol. The summed E-state index contributed by atoms with van der Waals surface area (Å²) >= 11 is 2.04. The largest absolute Gasteiger partial charge is 0.452 e. The summed E-state index contributed by atoms with van der Waals surface area (Å²) < 4.78 is 11.0. The Balaban J connectivity index is 1.68. The molecule has 1 N–H and O–H groups in total. The van der Waals surface area contributed by atoms with E-state index in [1.54, 1.807) is 12.1 Å². The summed E-state index contributed by atoms with van der Waals surface area (Å²) in [5, 5.41) is 2.96. The summed E-state index contributed by atoms with van der Waals surface area (Å²) in [5.74, 6) is -0.209. The summed E-state index contributed by atoms with van der Waals surface area (Å²) in [6.07, 6.45) is 10.9. The Labute approximate surface area is 150 Å².